The maximum absolute atomic E-state index is 13.5. The third-order valence-corrected chi connectivity index (χ3v) is 8.27. The standard InChI is InChI=1S/C22H19F3N4O6S/c23-22(24,25)15-5-1-4-8-18(15)36(33,34)14-11-19(35-20(30)27-21(13-26)9-10-21)28(12-14)16-6-2-3-7-17(16)29(31)32/h1-8,14,19H,9-12H2,(H,27,30)/t14-,19+/m1/s1. The minimum atomic E-state index is -4.94. The van der Waals surface area contributed by atoms with Crippen molar-refractivity contribution in [2.45, 2.75) is 47.4 Å². The van der Waals surface area contributed by atoms with E-state index in [-0.39, 0.29) is 5.69 Å². The van der Waals surface area contributed by atoms with Crippen molar-refractivity contribution in [3.8, 4) is 6.07 Å². The molecule has 1 amide bonds. The van der Waals surface area contributed by atoms with Gasteiger partial charge in [-0.3, -0.25) is 10.1 Å². The molecule has 1 heterocycles. The number of nitro benzene ring substituents is 1. The second-order valence-corrected chi connectivity index (χ2v) is 10.7. The van der Waals surface area contributed by atoms with Crippen molar-refractivity contribution in [1.29, 1.82) is 5.26 Å². The van der Waals surface area contributed by atoms with Crippen LogP contribution in [0.1, 0.15) is 24.8 Å². The van der Waals surface area contributed by atoms with Crippen LogP contribution in [0.25, 0.3) is 0 Å². The lowest BCUT2D eigenvalue weighted by molar-refractivity contribution is -0.384. The van der Waals surface area contributed by atoms with Crippen molar-refractivity contribution in [2.75, 3.05) is 11.4 Å². The van der Waals surface area contributed by atoms with Crippen LogP contribution in [0.15, 0.2) is 53.4 Å². The van der Waals surface area contributed by atoms with Crippen molar-refractivity contribution < 1.29 is 36.0 Å². The van der Waals surface area contributed by atoms with Gasteiger partial charge in [-0.15, -0.1) is 0 Å². The summed E-state index contributed by atoms with van der Waals surface area (Å²) in [6.45, 7) is -0.472. The number of alkyl carbamates (subject to hydrolysis) is 1. The average Bonchev–Trinajstić information content (AvgIpc) is 3.47. The first kappa shape index (κ1) is 25.2. The fraction of sp³-hybridized carbons (Fsp3) is 0.364. The Kier molecular flexibility index (Phi) is 6.29. The van der Waals surface area contributed by atoms with Gasteiger partial charge in [0.15, 0.2) is 16.1 Å². The van der Waals surface area contributed by atoms with Crippen LogP contribution in [0, 0.1) is 21.4 Å². The summed E-state index contributed by atoms with van der Waals surface area (Å²) in [7, 11) is -4.62. The number of rotatable bonds is 6. The predicted octanol–water partition coefficient (Wildman–Crippen LogP) is 3.77. The van der Waals surface area contributed by atoms with Gasteiger partial charge in [0.2, 0.25) is 0 Å². The highest BCUT2D eigenvalue weighted by Gasteiger charge is 2.49. The summed E-state index contributed by atoms with van der Waals surface area (Å²) >= 11 is 0. The number of para-hydroxylation sites is 2. The van der Waals surface area contributed by atoms with Gasteiger partial charge in [0.25, 0.3) is 5.69 Å². The molecule has 0 unspecified atom stereocenters. The number of alkyl halides is 3. The minimum absolute atomic E-state index is 0.0662. The fourth-order valence-electron chi connectivity index (χ4n) is 4.08. The van der Waals surface area contributed by atoms with Gasteiger partial charge in [0.1, 0.15) is 11.2 Å². The van der Waals surface area contributed by atoms with Crippen LogP contribution >= 0.6 is 0 Å². The second-order valence-electron chi connectivity index (χ2n) is 8.47. The van der Waals surface area contributed by atoms with E-state index in [2.05, 4.69) is 5.32 Å². The number of hydrogen-bond acceptors (Lipinski definition) is 8. The highest BCUT2D eigenvalue weighted by molar-refractivity contribution is 7.92. The van der Waals surface area contributed by atoms with Gasteiger partial charge in [-0.1, -0.05) is 24.3 Å². The van der Waals surface area contributed by atoms with Crippen molar-refractivity contribution in [3.05, 3.63) is 64.2 Å². The number of amides is 1. The Bertz CT molecular complexity index is 1350. The lowest BCUT2D eigenvalue weighted by atomic mass is 10.2. The molecule has 1 saturated heterocycles. The molecule has 2 aromatic carbocycles. The number of anilines is 1. The van der Waals surface area contributed by atoms with Gasteiger partial charge in [-0.2, -0.15) is 18.4 Å². The zero-order chi connectivity index (χ0) is 26.3. The highest BCUT2D eigenvalue weighted by Crippen LogP contribution is 2.41. The van der Waals surface area contributed by atoms with E-state index in [1.807, 2.05) is 6.07 Å². The molecule has 4 rings (SSSR count). The molecule has 0 bridgehead atoms. The number of nitrogens with one attached hydrogen (secondary N) is 1. The van der Waals surface area contributed by atoms with E-state index in [0.717, 1.165) is 18.2 Å². The maximum atomic E-state index is 13.5. The van der Waals surface area contributed by atoms with E-state index < -0.39 is 73.2 Å². The smallest absolute Gasteiger partial charge is 0.417 e. The Morgan fingerprint density at radius 1 is 1.19 bits per heavy atom. The second kappa shape index (κ2) is 8.98. The molecule has 1 aliphatic heterocycles. The number of nitriles is 1. The SMILES string of the molecule is N#CC1(NC(=O)O[C@H]2C[C@@H](S(=O)(=O)c3ccccc3C(F)(F)F)CN2c2ccccc2[N+](=O)[O-])CC1. The van der Waals surface area contributed by atoms with Crippen LogP contribution < -0.4 is 10.2 Å². The third-order valence-electron chi connectivity index (χ3n) is 6.09. The van der Waals surface area contributed by atoms with Gasteiger partial charge in [0.05, 0.1) is 26.7 Å². The van der Waals surface area contributed by atoms with E-state index in [0.29, 0.717) is 18.9 Å². The average molecular weight is 524 g/mol. The molecule has 14 heteroatoms. The molecular formula is C22H19F3N4O6S. The largest absolute Gasteiger partial charge is 0.425 e. The molecule has 0 spiro atoms. The van der Waals surface area contributed by atoms with Gasteiger partial charge < -0.3 is 15.0 Å². The summed E-state index contributed by atoms with van der Waals surface area (Å²) in [5, 5.41) is 21.7. The van der Waals surface area contributed by atoms with Gasteiger partial charge in [-0.05, 0) is 31.0 Å². The topological polar surface area (TPSA) is 143 Å². The number of carbonyl (C=O) groups is 1. The monoisotopic (exact) mass is 524 g/mol. The summed E-state index contributed by atoms with van der Waals surface area (Å²) in [4.78, 5) is 23.6. The summed E-state index contributed by atoms with van der Waals surface area (Å²) in [5.74, 6) is 0. The molecule has 1 N–H and O–H groups in total. The number of benzene rings is 2. The predicted molar refractivity (Wildman–Crippen MR) is 118 cm³/mol. The molecule has 2 atom stereocenters. The molecule has 2 aromatic rings. The third kappa shape index (κ3) is 4.78. The van der Waals surface area contributed by atoms with Crippen LogP contribution in [0.2, 0.25) is 0 Å². The lowest BCUT2D eigenvalue weighted by Crippen LogP contribution is -2.41. The summed E-state index contributed by atoms with van der Waals surface area (Å²) in [5.41, 5.74) is -2.91. The molecule has 10 nitrogen and oxygen atoms in total. The van der Waals surface area contributed by atoms with Gasteiger partial charge >= 0.3 is 12.3 Å². The lowest BCUT2D eigenvalue weighted by Gasteiger charge is -2.26. The first-order valence-corrected chi connectivity index (χ1v) is 12.2. The summed E-state index contributed by atoms with van der Waals surface area (Å²) in [6.07, 6.45) is -7.01. The number of hydrogen-bond donors (Lipinski definition) is 1. The normalized spacial score (nSPS) is 20.9. The number of sulfone groups is 1. The number of ether oxygens (including phenoxy) is 1. The Morgan fingerprint density at radius 3 is 2.44 bits per heavy atom. The zero-order valence-electron chi connectivity index (χ0n) is 18.4. The van der Waals surface area contributed by atoms with Crippen LogP contribution in [-0.2, 0) is 20.8 Å². The molecule has 1 aliphatic carbocycles. The maximum Gasteiger partial charge on any atom is 0.417 e. The number of carbonyl (C=O) groups excluding carboxylic acids is 1. The number of nitrogens with zero attached hydrogens (tertiary/aromatic N) is 3. The van der Waals surface area contributed by atoms with Crippen LogP contribution in [0.4, 0.5) is 29.3 Å². The van der Waals surface area contributed by atoms with Gasteiger partial charge in [-0.25, -0.2) is 13.2 Å². The Morgan fingerprint density at radius 2 is 1.83 bits per heavy atom. The Labute approximate surface area is 203 Å². The molecular weight excluding hydrogens is 505 g/mol. The highest BCUT2D eigenvalue weighted by atomic mass is 32.2. The van der Waals surface area contributed by atoms with Crippen LogP contribution in [-0.4, -0.2) is 43.0 Å². The van der Waals surface area contributed by atoms with E-state index in [4.69, 9.17) is 4.74 Å². The van der Waals surface area contributed by atoms with Crippen LogP contribution in [0.5, 0.6) is 0 Å². The molecule has 1 saturated carbocycles. The summed E-state index contributed by atoms with van der Waals surface area (Å²) < 4.78 is 72.7. The number of halogens is 3. The minimum Gasteiger partial charge on any atom is -0.425 e. The van der Waals surface area contributed by atoms with E-state index >= 15 is 0 Å². The Hall–Kier alpha value is -3.86. The van der Waals surface area contributed by atoms with Crippen molar-refractivity contribution in [1.82, 2.24) is 5.32 Å². The van der Waals surface area contributed by atoms with E-state index in [9.17, 15) is 41.8 Å². The van der Waals surface area contributed by atoms with E-state index in [1.54, 1.807) is 0 Å². The fourth-order valence-corrected chi connectivity index (χ4v) is 5.97. The quantitative estimate of drug-likeness (QED) is 0.444. The zero-order valence-corrected chi connectivity index (χ0v) is 19.3. The number of nitro groups is 1. The Balaban J connectivity index is 1.70. The molecule has 0 radical (unpaired) electrons. The first-order valence-electron chi connectivity index (χ1n) is 10.7. The molecule has 2 aliphatic rings. The van der Waals surface area contributed by atoms with Crippen molar-refractivity contribution in [2.24, 2.45) is 0 Å². The van der Waals surface area contributed by atoms with Crippen molar-refractivity contribution in [3.63, 3.8) is 0 Å². The molecule has 190 valence electrons. The molecule has 36 heavy (non-hydrogen) atoms. The van der Waals surface area contributed by atoms with E-state index in [1.165, 1.54) is 29.2 Å². The molecule has 2 fully saturated rings. The van der Waals surface area contributed by atoms with Crippen molar-refractivity contribution >= 4 is 27.3 Å². The van der Waals surface area contributed by atoms with Crippen LogP contribution in [0.3, 0.4) is 0 Å². The van der Waals surface area contributed by atoms with Gasteiger partial charge in [0, 0.05) is 19.0 Å². The molecule has 0 aromatic heterocycles. The summed E-state index contributed by atoms with van der Waals surface area (Å²) in [6, 6.07) is 11.0. The first-order chi connectivity index (χ1) is 16.9.